The first kappa shape index (κ1) is 15.3. The number of nitrogens with zero attached hydrogens (tertiary/aromatic N) is 2. The van der Waals surface area contributed by atoms with Crippen molar-refractivity contribution in [2.24, 2.45) is 0 Å². The molecule has 2 heterocycles. The SMILES string of the molecule is CCn1cc(Br)cc1C(=O)Nc1sc2c(c1C#N)CCCC2. The Kier molecular flexibility index (Phi) is 4.37. The van der Waals surface area contributed by atoms with Gasteiger partial charge < -0.3 is 9.88 Å². The Labute approximate surface area is 141 Å². The van der Waals surface area contributed by atoms with E-state index < -0.39 is 0 Å². The number of thiophene rings is 1. The predicted octanol–water partition coefficient (Wildman–Crippen LogP) is 4.33. The van der Waals surface area contributed by atoms with E-state index in [0.717, 1.165) is 42.3 Å². The van der Waals surface area contributed by atoms with Crippen molar-refractivity contribution in [2.45, 2.75) is 39.2 Å². The third-order valence-corrected chi connectivity index (χ3v) is 5.59. The maximum absolute atomic E-state index is 12.5. The van der Waals surface area contributed by atoms with Crippen LogP contribution in [0.15, 0.2) is 16.7 Å². The Balaban J connectivity index is 1.91. The maximum atomic E-state index is 12.5. The van der Waals surface area contributed by atoms with Gasteiger partial charge >= 0.3 is 0 Å². The van der Waals surface area contributed by atoms with Crippen LogP contribution in [-0.2, 0) is 19.4 Å². The number of hydrogen-bond donors (Lipinski definition) is 1. The first-order valence-electron chi connectivity index (χ1n) is 7.35. The largest absolute Gasteiger partial charge is 0.343 e. The van der Waals surface area contributed by atoms with Crippen LogP contribution in [0.2, 0.25) is 0 Å². The molecule has 1 N–H and O–H groups in total. The van der Waals surface area contributed by atoms with Gasteiger partial charge in [0.25, 0.3) is 5.91 Å². The molecule has 3 rings (SSSR count). The summed E-state index contributed by atoms with van der Waals surface area (Å²) in [6.07, 6.45) is 6.14. The van der Waals surface area contributed by atoms with E-state index in [1.807, 2.05) is 17.7 Å². The number of nitrogens with one attached hydrogen (secondary N) is 1. The van der Waals surface area contributed by atoms with Gasteiger partial charge in [0, 0.05) is 22.1 Å². The van der Waals surface area contributed by atoms with Crippen LogP contribution >= 0.6 is 27.3 Å². The summed E-state index contributed by atoms with van der Waals surface area (Å²) in [7, 11) is 0. The Morgan fingerprint density at radius 2 is 2.27 bits per heavy atom. The minimum absolute atomic E-state index is 0.164. The minimum atomic E-state index is -0.164. The third-order valence-electron chi connectivity index (χ3n) is 3.95. The number of carbonyl (C=O) groups is 1. The molecule has 1 amide bonds. The molecule has 0 atom stereocenters. The molecule has 1 aliphatic rings. The van der Waals surface area contributed by atoms with Crippen LogP contribution in [0.5, 0.6) is 0 Å². The van der Waals surface area contributed by atoms with Gasteiger partial charge in [-0.1, -0.05) is 0 Å². The Morgan fingerprint density at radius 3 is 3.00 bits per heavy atom. The Bertz CT molecular complexity index is 769. The molecule has 0 unspecified atom stereocenters. The second-order valence-electron chi connectivity index (χ2n) is 5.31. The molecule has 6 heteroatoms. The van der Waals surface area contributed by atoms with E-state index in [1.165, 1.54) is 4.88 Å². The van der Waals surface area contributed by atoms with Gasteiger partial charge in [-0.25, -0.2) is 0 Å². The first-order valence-corrected chi connectivity index (χ1v) is 8.96. The van der Waals surface area contributed by atoms with Crippen molar-refractivity contribution < 1.29 is 4.79 Å². The maximum Gasteiger partial charge on any atom is 0.272 e. The summed E-state index contributed by atoms with van der Waals surface area (Å²) >= 11 is 4.96. The van der Waals surface area contributed by atoms with E-state index in [4.69, 9.17) is 0 Å². The number of anilines is 1. The average Bonchev–Trinajstić information content (AvgIpc) is 3.06. The fourth-order valence-corrected chi connectivity index (χ4v) is 4.56. The highest BCUT2D eigenvalue weighted by Gasteiger charge is 2.23. The summed E-state index contributed by atoms with van der Waals surface area (Å²) < 4.78 is 2.77. The lowest BCUT2D eigenvalue weighted by Gasteiger charge is -2.09. The summed E-state index contributed by atoms with van der Waals surface area (Å²) in [6.45, 7) is 2.72. The predicted molar refractivity (Wildman–Crippen MR) is 91.4 cm³/mol. The molecule has 22 heavy (non-hydrogen) atoms. The van der Waals surface area contributed by atoms with Crippen LogP contribution in [0.3, 0.4) is 0 Å². The van der Waals surface area contributed by atoms with Gasteiger partial charge in [-0.05, 0) is 60.2 Å². The normalized spacial score (nSPS) is 13.5. The summed E-state index contributed by atoms with van der Waals surface area (Å²) in [4.78, 5) is 13.8. The number of amides is 1. The monoisotopic (exact) mass is 377 g/mol. The standard InChI is InChI=1S/C16H16BrN3OS/c1-2-20-9-10(17)7-13(20)15(21)19-16-12(8-18)11-5-3-4-6-14(11)22-16/h7,9H,2-6H2,1H3,(H,19,21). The van der Waals surface area contributed by atoms with Crippen molar-refractivity contribution in [3.05, 3.63) is 38.4 Å². The zero-order chi connectivity index (χ0) is 15.7. The molecule has 0 radical (unpaired) electrons. The van der Waals surface area contributed by atoms with E-state index in [1.54, 1.807) is 17.4 Å². The number of halogens is 1. The van der Waals surface area contributed by atoms with E-state index in [2.05, 4.69) is 27.3 Å². The quantitative estimate of drug-likeness (QED) is 0.864. The summed E-state index contributed by atoms with van der Waals surface area (Å²) in [5.74, 6) is -0.164. The Morgan fingerprint density at radius 1 is 1.50 bits per heavy atom. The summed E-state index contributed by atoms with van der Waals surface area (Å²) in [6, 6.07) is 4.08. The molecular weight excluding hydrogens is 362 g/mol. The van der Waals surface area contributed by atoms with E-state index in [9.17, 15) is 10.1 Å². The highest BCUT2D eigenvalue weighted by atomic mass is 79.9. The molecule has 114 valence electrons. The lowest BCUT2D eigenvalue weighted by Crippen LogP contribution is -2.16. The van der Waals surface area contributed by atoms with Gasteiger partial charge in [-0.3, -0.25) is 4.79 Å². The molecule has 1 aliphatic carbocycles. The zero-order valence-corrected chi connectivity index (χ0v) is 14.7. The molecule has 2 aromatic rings. The van der Waals surface area contributed by atoms with Crippen molar-refractivity contribution in [2.75, 3.05) is 5.32 Å². The third kappa shape index (κ3) is 2.71. The van der Waals surface area contributed by atoms with Gasteiger partial charge in [0.1, 0.15) is 16.8 Å². The van der Waals surface area contributed by atoms with Gasteiger partial charge in [-0.15, -0.1) is 11.3 Å². The molecule has 2 aromatic heterocycles. The lowest BCUT2D eigenvalue weighted by molar-refractivity contribution is 0.101. The molecule has 0 saturated carbocycles. The lowest BCUT2D eigenvalue weighted by atomic mass is 9.96. The van der Waals surface area contributed by atoms with Gasteiger partial charge in [0.15, 0.2) is 0 Å². The molecule has 0 saturated heterocycles. The smallest absolute Gasteiger partial charge is 0.272 e. The number of nitriles is 1. The number of carbonyl (C=O) groups excluding carboxylic acids is 1. The van der Waals surface area contributed by atoms with Crippen molar-refractivity contribution in [1.82, 2.24) is 4.57 Å². The topological polar surface area (TPSA) is 57.8 Å². The molecule has 0 aromatic carbocycles. The molecule has 0 fully saturated rings. The number of aryl methyl sites for hydroxylation is 2. The summed E-state index contributed by atoms with van der Waals surface area (Å²) in [5.41, 5.74) is 2.40. The second kappa shape index (κ2) is 6.27. The molecule has 0 aliphatic heterocycles. The van der Waals surface area contributed by atoms with Crippen molar-refractivity contribution in [3.8, 4) is 6.07 Å². The number of rotatable bonds is 3. The highest BCUT2D eigenvalue weighted by molar-refractivity contribution is 9.10. The van der Waals surface area contributed by atoms with Crippen LogP contribution in [0.25, 0.3) is 0 Å². The molecular formula is C16H16BrN3OS. The number of aromatic nitrogens is 1. The second-order valence-corrected chi connectivity index (χ2v) is 7.33. The highest BCUT2D eigenvalue weighted by Crippen LogP contribution is 2.37. The van der Waals surface area contributed by atoms with Crippen molar-refractivity contribution >= 4 is 38.2 Å². The van der Waals surface area contributed by atoms with E-state index >= 15 is 0 Å². The van der Waals surface area contributed by atoms with E-state index in [-0.39, 0.29) is 5.91 Å². The zero-order valence-electron chi connectivity index (χ0n) is 12.3. The molecule has 0 spiro atoms. The van der Waals surface area contributed by atoms with E-state index in [0.29, 0.717) is 16.3 Å². The van der Waals surface area contributed by atoms with Gasteiger partial charge in [0.2, 0.25) is 0 Å². The molecule has 0 bridgehead atoms. The summed E-state index contributed by atoms with van der Waals surface area (Å²) in [5, 5.41) is 13.1. The molecule has 4 nitrogen and oxygen atoms in total. The van der Waals surface area contributed by atoms with Crippen LogP contribution in [0, 0.1) is 11.3 Å². The van der Waals surface area contributed by atoms with Crippen LogP contribution < -0.4 is 5.32 Å². The number of fused-ring (bicyclic) bond motifs is 1. The Hall–Kier alpha value is -1.58. The fraction of sp³-hybridized carbons (Fsp3) is 0.375. The van der Waals surface area contributed by atoms with Gasteiger partial charge in [-0.2, -0.15) is 5.26 Å². The number of hydrogen-bond acceptors (Lipinski definition) is 3. The minimum Gasteiger partial charge on any atom is -0.343 e. The van der Waals surface area contributed by atoms with Crippen molar-refractivity contribution in [1.29, 1.82) is 5.26 Å². The average molecular weight is 378 g/mol. The van der Waals surface area contributed by atoms with Crippen LogP contribution in [0.1, 0.15) is 46.3 Å². The van der Waals surface area contributed by atoms with Gasteiger partial charge in [0.05, 0.1) is 5.56 Å². The first-order chi connectivity index (χ1) is 10.6. The van der Waals surface area contributed by atoms with Crippen LogP contribution in [-0.4, -0.2) is 10.5 Å². The van der Waals surface area contributed by atoms with Crippen LogP contribution in [0.4, 0.5) is 5.00 Å². The van der Waals surface area contributed by atoms with Crippen molar-refractivity contribution in [3.63, 3.8) is 0 Å². The fourth-order valence-electron chi connectivity index (χ4n) is 2.87.